The Bertz CT molecular complexity index is 731. The SMILES string of the molecule is COc1cc(C(=O)N2CCN(Cc3ccccn3)CC2)cc(OC)c1C. The van der Waals surface area contributed by atoms with Gasteiger partial charge in [-0.15, -0.1) is 0 Å². The fraction of sp³-hybridized carbons (Fsp3) is 0.400. The second kappa shape index (κ2) is 8.19. The van der Waals surface area contributed by atoms with Gasteiger partial charge in [0.2, 0.25) is 0 Å². The molecule has 0 spiro atoms. The first kappa shape index (κ1) is 18.2. The Morgan fingerprint density at radius 3 is 2.27 bits per heavy atom. The predicted octanol–water partition coefficient (Wildman–Crippen LogP) is 2.37. The molecule has 0 N–H and O–H groups in total. The predicted molar refractivity (Wildman–Crippen MR) is 99.7 cm³/mol. The van der Waals surface area contributed by atoms with Gasteiger partial charge in [-0.05, 0) is 31.2 Å². The molecule has 26 heavy (non-hydrogen) atoms. The molecule has 0 radical (unpaired) electrons. The lowest BCUT2D eigenvalue weighted by Crippen LogP contribution is -2.48. The van der Waals surface area contributed by atoms with Gasteiger partial charge < -0.3 is 14.4 Å². The molecule has 1 saturated heterocycles. The first-order valence-corrected chi connectivity index (χ1v) is 8.76. The molecule has 1 amide bonds. The second-order valence-corrected chi connectivity index (χ2v) is 6.40. The van der Waals surface area contributed by atoms with Crippen molar-refractivity contribution in [1.82, 2.24) is 14.8 Å². The third kappa shape index (κ3) is 3.96. The lowest BCUT2D eigenvalue weighted by atomic mass is 10.1. The largest absolute Gasteiger partial charge is 0.496 e. The van der Waals surface area contributed by atoms with E-state index < -0.39 is 0 Å². The summed E-state index contributed by atoms with van der Waals surface area (Å²) in [6.07, 6.45) is 1.81. The summed E-state index contributed by atoms with van der Waals surface area (Å²) in [5, 5.41) is 0. The van der Waals surface area contributed by atoms with Gasteiger partial charge in [0.15, 0.2) is 0 Å². The molecule has 2 heterocycles. The number of pyridine rings is 1. The van der Waals surface area contributed by atoms with Crippen LogP contribution >= 0.6 is 0 Å². The van der Waals surface area contributed by atoms with Crippen LogP contribution < -0.4 is 9.47 Å². The number of nitrogens with zero attached hydrogens (tertiary/aromatic N) is 3. The number of amides is 1. The highest BCUT2D eigenvalue weighted by Crippen LogP contribution is 2.30. The summed E-state index contributed by atoms with van der Waals surface area (Å²) in [6.45, 7) is 5.80. The number of piperazine rings is 1. The summed E-state index contributed by atoms with van der Waals surface area (Å²) in [6, 6.07) is 9.54. The number of ether oxygens (including phenoxy) is 2. The van der Waals surface area contributed by atoms with Crippen LogP contribution in [0, 0.1) is 6.92 Å². The van der Waals surface area contributed by atoms with E-state index in [1.54, 1.807) is 26.4 Å². The summed E-state index contributed by atoms with van der Waals surface area (Å²) < 4.78 is 10.8. The maximum Gasteiger partial charge on any atom is 0.254 e. The first-order valence-electron chi connectivity index (χ1n) is 8.76. The van der Waals surface area contributed by atoms with E-state index in [9.17, 15) is 4.79 Å². The monoisotopic (exact) mass is 355 g/mol. The number of benzene rings is 1. The van der Waals surface area contributed by atoms with E-state index in [-0.39, 0.29) is 5.91 Å². The fourth-order valence-corrected chi connectivity index (χ4v) is 3.22. The molecule has 0 saturated carbocycles. The molecule has 0 aliphatic carbocycles. The van der Waals surface area contributed by atoms with Crippen LogP contribution in [0.25, 0.3) is 0 Å². The van der Waals surface area contributed by atoms with Crippen LogP contribution in [0.2, 0.25) is 0 Å². The molecule has 1 fully saturated rings. The maximum atomic E-state index is 12.9. The Hall–Kier alpha value is -2.60. The average molecular weight is 355 g/mol. The number of rotatable bonds is 5. The molecule has 0 bridgehead atoms. The first-order chi connectivity index (χ1) is 12.6. The van der Waals surface area contributed by atoms with Crippen molar-refractivity contribution in [2.45, 2.75) is 13.5 Å². The molecule has 3 rings (SSSR count). The van der Waals surface area contributed by atoms with Gasteiger partial charge in [0.1, 0.15) is 11.5 Å². The number of carbonyl (C=O) groups excluding carboxylic acids is 1. The minimum absolute atomic E-state index is 0.0130. The third-order valence-electron chi connectivity index (χ3n) is 4.77. The van der Waals surface area contributed by atoms with Crippen molar-refractivity contribution in [1.29, 1.82) is 0 Å². The van der Waals surface area contributed by atoms with Gasteiger partial charge >= 0.3 is 0 Å². The number of aromatic nitrogens is 1. The normalized spacial score (nSPS) is 15.0. The van der Waals surface area contributed by atoms with Crippen molar-refractivity contribution in [3.05, 3.63) is 53.3 Å². The Labute approximate surface area is 154 Å². The Morgan fingerprint density at radius 1 is 1.08 bits per heavy atom. The van der Waals surface area contributed by atoms with Crippen molar-refractivity contribution in [3.63, 3.8) is 0 Å². The average Bonchev–Trinajstić information content (AvgIpc) is 2.69. The number of hydrogen-bond acceptors (Lipinski definition) is 5. The fourth-order valence-electron chi connectivity index (χ4n) is 3.22. The Balaban J connectivity index is 1.65. The lowest BCUT2D eigenvalue weighted by Gasteiger charge is -2.34. The van der Waals surface area contributed by atoms with Crippen molar-refractivity contribution >= 4 is 5.91 Å². The quantitative estimate of drug-likeness (QED) is 0.824. The van der Waals surface area contributed by atoms with Crippen LogP contribution in [0.4, 0.5) is 0 Å². The van der Waals surface area contributed by atoms with Crippen LogP contribution in [0.1, 0.15) is 21.6 Å². The highest BCUT2D eigenvalue weighted by molar-refractivity contribution is 5.95. The summed E-state index contributed by atoms with van der Waals surface area (Å²) in [4.78, 5) is 21.5. The van der Waals surface area contributed by atoms with Crippen LogP contribution in [0.3, 0.4) is 0 Å². The highest BCUT2D eigenvalue weighted by atomic mass is 16.5. The molecule has 6 heteroatoms. The maximum absolute atomic E-state index is 12.9. The molecule has 1 aliphatic rings. The zero-order valence-electron chi connectivity index (χ0n) is 15.6. The molecule has 138 valence electrons. The van der Waals surface area contributed by atoms with Crippen LogP contribution in [0.15, 0.2) is 36.5 Å². The summed E-state index contributed by atoms with van der Waals surface area (Å²) in [5.74, 6) is 1.35. The van der Waals surface area contributed by atoms with Crippen LogP contribution in [0.5, 0.6) is 11.5 Å². The standard InChI is InChI=1S/C20H25N3O3/c1-15-18(25-2)12-16(13-19(15)26-3)20(24)23-10-8-22(9-11-23)14-17-6-4-5-7-21-17/h4-7,12-13H,8-11,14H2,1-3H3. The van der Waals surface area contributed by atoms with Crippen molar-refractivity contribution in [3.8, 4) is 11.5 Å². The van der Waals surface area contributed by atoms with E-state index in [4.69, 9.17) is 9.47 Å². The van der Waals surface area contributed by atoms with E-state index in [1.165, 1.54) is 0 Å². The van der Waals surface area contributed by atoms with Crippen molar-refractivity contribution in [2.24, 2.45) is 0 Å². The van der Waals surface area contributed by atoms with Gasteiger partial charge in [-0.1, -0.05) is 6.07 Å². The Kier molecular flexibility index (Phi) is 5.73. The minimum atomic E-state index is 0.0130. The number of methoxy groups -OCH3 is 2. The van der Waals surface area contributed by atoms with Crippen LogP contribution in [-0.4, -0.2) is 61.1 Å². The molecular weight excluding hydrogens is 330 g/mol. The topological polar surface area (TPSA) is 54.9 Å². The third-order valence-corrected chi connectivity index (χ3v) is 4.77. The molecule has 1 aromatic heterocycles. The lowest BCUT2D eigenvalue weighted by molar-refractivity contribution is 0.0626. The van der Waals surface area contributed by atoms with Gasteiger partial charge in [-0.3, -0.25) is 14.7 Å². The molecule has 2 aromatic rings. The van der Waals surface area contributed by atoms with Gasteiger partial charge in [0, 0.05) is 50.0 Å². The van der Waals surface area contributed by atoms with Crippen molar-refractivity contribution in [2.75, 3.05) is 40.4 Å². The smallest absolute Gasteiger partial charge is 0.254 e. The van der Waals surface area contributed by atoms with Gasteiger partial charge in [-0.25, -0.2) is 0 Å². The molecule has 0 unspecified atom stereocenters. The molecule has 0 atom stereocenters. The zero-order chi connectivity index (χ0) is 18.5. The van der Waals surface area contributed by atoms with Gasteiger partial charge in [0.25, 0.3) is 5.91 Å². The van der Waals surface area contributed by atoms with E-state index >= 15 is 0 Å². The number of carbonyl (C=O) groups is 1. The van der Waals surface area contributed by atoms with Gasteiger partial charge in [-0.2, -0.15) is 0 Å². The second-order valence-electron chi connectivity index (χ2n) is 6.40. The molecule has 6 nitrogen and oxygen atoms in total. The highest BCUT2D eigenvalue weighted by Gasteiger charge is 2.24. The Morgan fingerprint density at radius 2 is 1.73 bits per heavy atom. The van der Waals surface area contributed by atoms with Gasteiger partial charge in [0.05, 0.1) is 19.9 Å². The van der Waals surface area contributed by atoms with E-state index in [0.717, 1.165) is 30.9 Å². The van der Waals surface area contributed by atoms with Crippen molar-refractivity contribution < 1.29 is 14.3 Å². The summed E-state index contributed by atoms with van der Waals surface area (Å²) in [5.41, 5.74) is 2.55. The molecular formula is C20H25N3O3. The van der Waals surface area contributed by atoms with Crippen LogP contribution in [-0.2, 0) is 6.54 Å². The zero-order valence-corrected chi connectivity index (χ0v) is 15.6. The van der Waals surface area contributed by atoms with E-state index in [1.807, 2.05) is 36.2 Å². The minimum Gasteiger partial charge on any atom is -0.496 e. The van der Waals surface area contributed by atoms with E-state index in [0.29, 0.717) is 30.2 Å². The molecule has 1 aliphatic heterocycles. The molecule has 1 aromatic carbocycles. The summed E-state index contributed by atoms with van der Waals surface area (Å²) >= 11 is 0. The number of hydrogen-bond donors (Lipinski definition) is 0. The summed E-state index contributed by atoms with van der Waals surface area (Å²) in [7, 11) is 3.21. The van der Waals surface area contributed by atoms with E-state index in [2.05, 4.69) is 9.88 Å².